The van der Waals surface area contributed by atoms with Gasteiger partial charge in [-0.15, -0.1) is 0 Å². The Hall–Kier alpha value is -0.930. The third-order valence-corrected chi connectivity index (χ3v) is 2.77. The summed E-state index contributed by atoms with van der Waals surface area (Å²) in [5.74, 6) is -0.807. The van der Waals surface area contributed by atoms with Crippen LogP contribution in [0.4, 0.5) is 5.69 Å². The zero-order chi connectivity index (χ0) is 12.1. The maximum absolute atomic E-state index is 10.4. The molecule has 0 bridgehead atoms. The van der Waals surface area contributed by atoms with Crippen LogP contribution >= 0.6 is 23.2 Å². The van der Waals surface area contributed by atoms with E-state index in [9.17, 15) is 4.79 Å². The molecule has 0 radical (unpaired) electrons. The van der Waals surface area contributed by atoms with E-state index in [1.807, 2.05) is 6.92 Å². The van der Waals surface area contributed by atoms with Gasteiger partial charge in [-0.2, -0.15) is 0 Å². The van der Waals surface area contributed by atoms with E-state index in [1.54, 1.807) is 18.2 Å². The van der Waals surface area contributed by atoms with E-state index in [0.717, 1.165) is 0 Å². The van der Waals surface area contributed by atoms with Crippen LogP contribution in [0.3, 0.4) is 0 Å². The van der Waals surface area contributed by atoms with Crippen molar-refractivity contribution in [2.45, 2.75) is 25.8 Å². The minimum absolute atomic E-state index is 0.00787. The number of hydrogen-bond acceptors (Lipinski definition) is 2. The second-order valence-electron chi connectivity index (χ2n) is 3.57. The molecule has 0 saturated carbocycles. The minimum atomic E-state index is -0.807. The van der Waals surface area contributed by atoms with Crippen LogP contribution in [0, 0.1) is 0 Å². The second kappa shape index (κ2) is 5.97. The van der Waals surface area contributed by atoms with E-state index in [0.29, 0.717) is 22.2 Å². The monoisotopic (exact) mass is 261 g/mol. The number of benzene rings is 1. The molecule has 1 aromatic carbocycles. The van der Waals surface area contributed by atoms with Gasteiger partial charge in [-0.1, -0.05) is 29.3 Å². The maximum atomic E-state index is 10.4. The SMILES string of the molecule is CC(CCC(=O)O)Nc1c(Cl)cccc1Cl. The molecule has 3 nitrogen and oxygen atoms in total. The van der Waals surface area contributed by atoms with Crippen molar-refractivity contribution in [3.8, 4) is 0 Å². The van der Waals surface area contributed by atoms with Gasteiger partial charge in [0, 0.05) is 12.5 Å². The van der Waals surface area contributed by atoms with Gasteiger partial charge in [0.15, 0.2) is 0 Å². The number of hydrogen-bond donors (Lipinski definition) is 2. The summed E-state index contributed by atoms with van der Waals surface area (Å²) >= 11 is 11.9. The molecule has 0 spiro atoms. The van der Waals surface area contributed by atoms with Crippen LogP contribution in [0.1, 0.15) is 19.8 Å². The van der Waals surface area contributed by atoms with Gasteiger partial charge in [0.1, 0.15) is 0 Å². The van der Waals surface area contributed by atoms with E-state index >= 15 is 0 Å². The summed E-state index contributed by atoms with van der Waals surface area (Å²) in [6.45, 7) is 1.89. The highest BCUT2D eigenvalue weighted by molar-refractivity contribution is 6.39. The molecule has 1 rings (SSSR count). The van der Waals surface area contributed by atoms with E-state index in [1.165, 1.54) is 0 Å². The molecule has 88 valence electrons. The summed E-state index contributed by atoms with van der Waals surface area (Å²) in [6, 6.07) is 5.24. The summed E-state index contributed by atoms with van der Waals surface area (Å²) < 4.78 is 0. The fourth-order valence-corrected chi connectivity index (χ4v) is 1.80. The molecule has 0 aliphatic carbocycles. The van der Waals surface area contributed by atoms with Crippen molar-refractivity contribution in [3.63, 3.8) is 0 Å². The quantitative estimate of drug-likeness (QED) is 0.851. The van der Waals surface area contributed by atoms with Crippen LogP contribution in [0.25, 0.3) is 0 Å². The minimum Gasteiger partial charge on any atom is -0.481 e. The molecule has 0 heterocycles. The number of carboxylic acids is 1. The molecular formula is C11H13Cl2NO2. The maximum Gasteiger partial charge on any atom is 0.303 e. The van der Waals surface area contributed by atoms with E-state index in [2.05, 4.69) is 5.32 Å². The van der Waals surface area contributed by atoms with Crippen molar-refractivity contribution in [3.05, 3.63) is 28.2 Å². The normalized spacial score (nSPS) is 12.2. The first kappa shape index (κ1) is 13.1. The third kappa shape index (κ3) is 3.91. The number of carbonyl (C=O) groups is 1. The van der Waals surface area contributed by atoms with Crippen LogP contribution < -0.4 is 5.32 Å². The molecule has 1 atom stereocenters. The lowest BCUT2D eigenvalue weighted by molar-refractivity contribution is -0.137. The number of aliphatic carboxylic acids is 1. The van der Waals surface area contributed by atoms with Crippen LogP contribution in [0.15, 0.2) is 18.2 Å². The lowest BCUT2D eigenvalue weighted by Crippen LogP contribution is -2.17. The number of anilines is 1. The Bertz CT molecular complexity index is 362. The smallest absolute Gasteiger partial charge is 0.303 e. The number of rotatable bonds is 5. The van der Waals surface area contributed by atoms with Gasteiger partial charge >= 0.3 is 5.97 Å². The van der Waals surface area contributed by atoms with Gasteiger partial charge in [-0.3, -0.25) is 4.79 Å². The molecule has 0 aromatic heterocycles. The fourth-order valence-electron chi connectivity index (χ4n) is 1.29. The molecule has 0 aliphatic heterocycles. The number of nitrogens with one attached hydrogen (secondary N) is 1. The average Bonchev–Trinajstić information content (AvgIpc) is 2.21. The van der Waals surface area contributed by atoms with Gasteiger partial charge in [0.2, 0.25) is 0 Å². The Morgan fingerprint density at radius 3 is 2.50 bits per heavy atom. The molecule has 0 saturated heterocycles. The summed E-state index contributed by atoms with van der Waals surface area (Å²) in [7, 11) is 0. The zero-order valence-corrected chi connectivity index (χ0v) is 10.3. The van der Waals surface area contributed by atoms with E-state index in [4.69, 9.17) is 28.3 Å². The molecule has 0 fully saturated rings. The summed E-state index contributed by atoms with van der Waals surface area (Å²) in [4.78, 5) is 10.4. The first-order valence-electron chi connectivity index (χ1n) is 4.93. The van der Waals surface area contributed by atoms with Crippen molar-refractivity contribution < 1.29 is 9.90 Å². The Balaban J connectivity index is 2.62. The van der Waals surface area contributed by atoms with E-state index in [-0.39, 0.29) is 12.5 Å². The zero-order valence-electron chi connectivity index (χ0n) is 8.84. The van der Waals surface area contributed by atoms with E-state index < -0.39 is 5.97 Å². The highest BCUT2D eigenvalue weighted by Gasteiger charge is 2.10. The van der Waals surface area contributed by atoms with Crippen LogP contribution in [-0.4, -0.2) is 17.1 Å². The molecule has 1 unspecified atom stereocenters. The molecule has 0 aliphatic rings. The van der Waals surface area contributed by atoms with Gasteiger partial charge in [0.25, 0.3) is 0 Å². The van der Waals surface area contributed by atoms with Crippen LogP contribution in [0.2, 0.25) is 10.0 Å². The van der Waals surface area contributed by atoms with Crippen LogP contribution in [0.5, 0.6) is 0 Å². The van der Waals surface area contributed by atoms with Crippen molar-refractivity contribution in [1.82, 2.24) is 0 Å². The summed E-state index contributed by atoms with van der Waals surface area (Å²) in [5.41, 5.74) is 0.656. The predicted octanol–water partition coefficient (Wildman–Crippen LogP) is 3.66. The largest absolute Gasteiger partial charge is 0.481 e. The van der Waals surface area contributed by atoms with Gasteiger partial charge < -0.3 is 10.4 Å². The van der Waals surface area contributed by atoms with Crippen LogP contribution in [-0.2, 0) is 4.79 Å². The Morgan fingerprint density at radius 1 is 1.44 bits per heavy atom. The number of halogens is 2. The standard InChI is InChI=1S/C11H13Cl2NO2/c1-7(5-6-10(15)16)14-11-8(12)3-2-4-9(11)13/h2-4,7,14H,5-6H2,1H3,(H,15,16). The number of para-hydroxylation sites is 1. The summed E-state index contributed by atoms with van der Waals surface area (Å²) in [5, 5.41) is 12.7. The Kier molecular flexibility index (Phi) is 4.90. The Labute approximate surface area is 104 Å². The van der Waals surface area contributed by atoms with Crippen molar-refractivity contribution in [1.29, 1.82) is 0 Å². The van der Waals surface area contributed by atoms with Gasteiger partial charge in [0.05, 0.1) is 15.7 Å². The third-order valence-electron chi connectivity index (χ3n) is 2.14. The second-order valence-corrected chi connectivity index (χ2v) is 4.39. The molecule has 1 aromatic rings. The predicted molar refractivity (Wildman–Crippen MR) is 66.4 cm³/mol. The topological polar surface area (TPSA) is 49.3 Å². The lowest BCUT2D eigenvalue weighted by Gasteiger charge is -2.16. The highest BCUT2D eigenvalue weighted by atomic mass is 35.5. The summed E-state index contributed by atoms with van der Waals surface area (Å²) in [6.07, 6.45) is 0.646. The molecule has 16 heavy (non-hydrogen) atoms. The molecular weight excluding hydrogens is 249 g/mol. The highest BCUT2D eigenvalue weighted by Crippen LogP contribution is 2.30. The van der Waals surface area contributed by atoms with Gasteiger partial charge in [-0.05, 0) is 25.5 Å². The molecule has 2 N–H and O–H groups in total. The first-order chi connectivity index (χ1) is 7.50. The molecule has 5 heteroatoms. The number of carboxylic acid groups (broad SMARTS) is 1. The first-order valence-corrected chi connectivity index (χ1v) is 5.68. The fraction of sp³-hybridized carbons (Fsp3) is 0.364. The lowest BCUT2D eigenvalue weighted by atomic mass is 10.1. The average molecular weight is 262 g/mol. The van der Waals surface area contributed by atoms with Gasteiger partial charge in [-0.25, -0.2) is 0 Å². The van der Waals surface area contributed by atoms with Crippen molar-refractivity contribution in [2.24, 2.45) is 0 Å². The van der Waals surface area contributed by atoms with Crippen molar-refractivity contribution in [2.75, 3.05) is 5.32 Å². The molecule has 0 amide bonds. The Morgan fingerprint density at radius 2 is 2.00 bits per heavy atom. The van der Waals surface area contributed by atoms with Crippen molar-refractivity contribution >= 4 is 34.9 Å².